The van der Waals surface area contributed by atoms with E-state index in [1.165, 1.54) is 12.1 Å². The van der Waals surface area contributed by atoms with Crippen molar-refractivity contribution in [2.75, 3.05) is 16.2 Å². The second-order valence-electron chi connectivity index (χ2n) is 9.93. The third-order valence-corrected chi connectivity index (χ3v) is 7.54. The van der Waals surface area contributed by atoms with Crippen molar-refractivity contribution in [3.63, 3.8) is 0 Å². The molecule has 0 saturated carbocycles. The summed E-state index contributed by atoms with van der Waals surface area (Å²) in [4.78, 5) is 14.3. The van der Waals surface area contributed by atoms with E-state index in [0.717, 1.165) is 42.6 Å². The van der Waals surface area contributed by atoms with Crippen molar-refractivity contribution in [3.05, 3.63) is 22.7 Å². The summed E-state index contributed by atoms with van der Waals surface area (Å²) in [6.45, 7) is 9.86. The van der Waals surface area contributed by atoms with E-state index >= 15 is 0 Å². The number of nitrogens with one attached hydrogen (secondary N) is 1. The second kappa shape index (κ2) is 11.5. The van der Waals surface area contributed by atoms with Gasteiger partial charge in [0.15, 0.2) is 0 Å². The molecule has 210 valence electrons. The number of ether oxygens (including phenoxy) is 1. The first-order chi connectivity index (χ1) is 17.6. The van der Waals surface area contributed by atoms with Gasteiger partial charge in [0, 0.05) is 18.3 Å². The van der Waals surface area contributed by atoms with E-state index in [1.807, 2.05) is 6.92 Å². The summed E-state index contributed by atoms with van der Waals surface area (Å²) in [5, 5.41) is 15.2. The lowest BCUT2D eigenvalue weighted by atomic mass is 9.95. The van der Waals surface area contributed by atoms with Gasteiger partial charge in [0.25, 0.3) is 5.13 Å². The smallest absolute Gasteiger partial charge is 0.455 e. The Morgan fingerprint density at radius 2 is 1.92 bits per heavy atom. The van der Waals surface area contributed by atoms with Gasteiger partial charge in [0.1, 0.15) is 11.3 Å². The number of carbonyl (C=O) groups is 1. The molecular formula is C23H31F3N6O4S2. The molecule has 1 aliphatic rings. The van der Waals surface area contributed by atoms with Crippen molar-refractivity contribution < 1.29 is 31.1 Å². The lowest BCUT2D eigenvalue weighted by molar-refractivity contribution is -0.0429. The van der Waals surface area contributed by atoms with Crippen LogP contribution in [-0.4, -0.2) is 48.3 Å². The van der Waals surface area contributed by atoms with Crippen LogP contribution in [0, 0.1) is 0 Å². The lowest BCUT2D eigenvalue weighted by Crippen LogP contribution is -2.38. The van der Waals surface area contributed by atoms with Crippen LogP contribution >= 0.6 is 11.3 Å². The summed E-state index contributed by atoms with van der Waals surface area (Å²) >= 11 is 0.781. The Hall–Kier alpha value is -2.81. The van der Waals surface area contributed by atoms with Gasteiger partial charge in [-0.3, -0.25) is 4.72 Å². The van der Waals surface area contributed by atoms with Crippen molar-refractivity contribution >= 4 is 49.5 Å². The molecule has 2 aromatic rings. The van der Waals surface area contributed by atoms with Crippen molar-refractivity contribution in [1.82, 2.24) is 10.2 Å². The number of benzene rings is 1. The molecule has 38 heavy (non-hydrogen) atoms. The third-order valence-electron chi connectivity index (χ3n) is 5.65. The molecule has 3 rings (SSSR count). The second-order valence-corrected chi connectivity index (χ2v) is 12.6. The lowest BCUT2D eigenvalue weighted by Gasteiger charge is -2.37. The number of sulfonamides is 1. The molecule has 15 heteroatoms. The average molecular weight is 577 g/mol. The van der Waals surface area contributed by atoms with E-state index in [4.69, 9.17) is 4.74 Å². The molecule has 1 aromatic carbocycles. The van der Waals surface area contributed by atoms with Crippen molar-refractivity contribution in [2.24, 2.45) is 10.2 Å². The number of anilines is 2. The minimum Gasteiger partial charge on any atom is -0.455 e. The first-order valence-electron chi connectivity index (χ1n) is 12.1. The maximum absolute atomic E-state index is 13.2. The number of unbranched alkanes of at least 4 members (excludes halogenated alkanes) is 2. The number of rotatable bonds is 9. The van der Waals surface area contributed by atoms with Crippen LogP contribution in [0.1, 0.15) is 75.7 Å². The number of nitrogens with zero attached hydrogens (tertiary/aromatic N) is 5. The third kappa shape index (κ3) is 7.40. The Bertz CT molecular complexity index is 1290. The summed E-state index contributed by atoms with van der Waals surface area (Å²) in [7, 11) is -5.72. The number of halogens is 3. The van der Waals surface area contributed by atoms with E-state index in [-0.39, 0.29) is 27.6 Å². The van der Waals surface area contributed by atoms with Crippen LogP contribution in [-0.2, 0) is 21.2 Å². The summed E-state index contributed by atoms with van der Waals surface area (Å²) < 4.78 is 70.4. The highest BCUT2D eigenvalue weighted by molar-refractivity contribution is 7.93. The van der Waals surface area contributed by atoms with Crippen molar-refractivity contribution in [3.8, 4) is 0 Å². The fourth-order valence-corrected chi connectivity index (χ4v) is 4.95. The molecule has 1 atom stereocenters. The number of aryl methyl sites for hydroxylation is 1. The number of aromatic nitrogens is 2. The Morgan fingerprint density at radius 3 is 2.55 bits per heavy atom. The summed E-state index contributed by atoms with van der Waals surface area (Å²) in [6.07, 6.45) is 4.34. The summed E-state index contributed by atoms with van der Waals surface area (Å²) in [6, 6.07) is 3.04. The molecule has 1 aliphatic heterocycles. The number of hydrogen-bond donors (Lipinski definition) is 1. The first-order valence-corrected chi connectivity index (χ1v) is 14.4. The largest absolute Gasteiger partial charge is 0.516 e. The molecule has 0 spiro atoms. The van der Waals surface area contributed by atoms with E-state index < -0.39 is 27.1 Å². The minimum absolute atomic E-state index is 0.0528. The fourth-order valence-electron chi connectivity index (χ4n) is 3.84. The van der Waals surface area contributed by atoms with Gasteiger partial charge in [0.2, 0.25) is 5.01 Å². The highest BCUT2D eigenvalue weighted by Gasteiger charge is 2.46. The predicted molar refractivity (Wildman–Crippen MR) is 139 cm³/mol. The van der Waals surface area contributed by atoms with E-state index in [0.29, 0.717) is 18.7 Å². The highest BCUT2D eigenvalue weighted by atomic mass is 32.2. The van der Waals surface area contributed by atoms with Crippen LogP contribution < -0.4 is 9.62 Å². The molecule has 1 aromatic heterocycles. The molecule has 10 nitrogen and oxygen atoms in total. The number of azo groups is 1. The van der Waals surface area contributed by atoms with Gasteiger partial charge in [0.05, 0.1) is 5.69 Å². The van der Waals surface area contributed by atoms with Crippen LogP contribution in [0.3, 0.4) is 0 Å². The average Bonchev–Trinajstić information content (AvgIpc) is 3.27. The molecule has 0 aliphatic carbocycles. The molecule has 0 bridgehead atoms. The summed E-state index contributed by atoms with van der Waals surface area (Å²) in [5.41, 5.74) is -5.28. The van der Waals surface area contributed by atoms with E-state index in [1.54, 1.807) is 25.5 Å². The van der Waals surface area contributed by atoms with E-state index in [2.05, 4.69) is 32.2 Å². The molecule has 0 radical (unpaired) electrons. The molecule has 0 saturated heterocycles. The van der Waals surface area contributed by atoms with Crippen LogP contribution in [0.15, 0.2) is 22.4 Å². The maximum atomic E-state index is 13.2. The van der Waals surface area contributed by atoms with Gasteiger partial charge in [-0.2, -0.15) is 21.6 Å². The van der Waals surface area contributed by atoms with Gasteiger partial charge in [-0.25, -0.2) is 4.79 Å². The molecule has 0 fully saturated rings. The zero-order chi connectivity index (χ0) is 28.3. The Kier molecular flexibility index (Phi) is 9.01. The molecule has 0 amide bonds. The van der Waals surface area contributed by atoms with Gasteiger partial charge in [-0.1, -0.05) is 31.1 Å². The Balaban J connectivity index is 1.99. The number of carbonyl (C=O) groups excluding carboxylic acids is 1. The zero-order valence-electron chi connectivity index (χ0n) is 21.8. The van der Waals surface area contributed by atoms with Crippen LogP contribution in [0.5, 0.6) is 0 Å². The predicted octanol–water partition coefficient (Wildman–Crippen LogP) is 6.50. The number of fused-ring (bicyclic) bond motifs is 1. The first kappa shape index (κ1) is 29.7. The van der Waals surface area contributed by atoms with Gasteiger partial charge < -0.3 is 9.64 Å². The van der Waals surface area contributed by atoms with Crippen LogP contribution in [0.4, 0.5) is 35.4 Å². The van der Waals surface area contributed by atoms with Gasteiger partial charge in [-0.15, -0.1) is 20.4 Å². The molecule has 1 unspecified atom stereocenters. The number of hydrogen-bond acceptors (Lipinski definition) is 10. The van der Waals surface area contributed by atoms with Crippen LogP contribution in [0.2, 0.25) is 0 Å². The standard InChI is InChI=1S/C23H31F3N6O4S2/c1-6-7-8-11-32-14(2)9-10-15-12-16(17(13-18(15)32)31-38(34,35)23(24,25)26)27-29-21-30-28-19(37-21)20(33)36-22(3,4)5/h12-14,31H,6-11H2,1-5H3. The topological polar surface area (TPSA) is 126 Å². The normalized spacial score (nSPS) is 16.5. The number of esters is 1. The molecule has 1 N–H and O–H groups in total. The van der Waals surface area contributed by atoms with Gasteiger partial charge >= 0.3 is 21.5 Å². The molecule has 2 heterocycles. The SMILES string of the molecule is CCCCCN1c2cc(NS(=O)(=O)C(F)(F)F)c(N=Nc3nnc(C(=O)OC(C)(C)C)s3)cc2CCC1C. The van der Waals surface area contributed by atoms with Crippen LogP contribution in [0.25, 0.3) is 0 Å². The number of alkyl halides is 3. The zero-order valence-corrected chi connectivity index (χ0v) is 23.4. The Morgan fingerprint density at radius 1 is 1.21 bits per heavy atom. The van der Waals surface area contributed by atoms with E-state index in [9.17, 15) is 26.4 Å². The Labute approximate surface area is 223 Å². The van der Waals surface area contributed by atoms with Crippen molar-refractivity contribution in [1.29, 1.82) is 0 Å². The highest BCUT2D eigenvalue weighted by Crippen LogP contribution is 2.41. The fraction of sp³-hybridized carbons (Fsp3) is 0.609. The molecular weight excluding hydrogens is 545 g/mol. The quantitative estimate of drug-likeness (QED) is 0.205. The summed E-state index contributed by atoms with van der Waals surface area (Å²) in [5.74, 6) is -0.707. The minimum atomic E-state index is -5.72. The monoisotopic (exact) mass is 576 g/mol. The van der Waals surface area contributed by atoms with Crippen molar-refractivity contribution in [2.45, 2.75) is 83.9 Å². The van der Waals surface area contributed by atoms with Gasteiger partial charge in [-0.05, 0) is 64.7 Å². The maximum Gasteiger partial charge on any atom is 0.516 e.